The van der Waals surface area contributed by atoms with Crippen molar-refractivity contribution in [2.45, 2.75) is 245 Å². The monoisotopic (exact) mass is 835 g/mol. The molecule has 1 N–H and O–H groups in total. The van der Waals surface area contributed by atoms with Gasteiger partial charge in [0.2, 0.25) is 0 Å². The summed E-state index contributed by atoms with van der Waals surface area (Å²) in [6.07, 6.45) is 73.9. The van der Waals surface area contributed by atoms with Crippen molar-refractivity contribution in [2.24, 2.45) is 0 Å². The van der Waals surface area contributed by atoms with Crippen LogP contribution in [-0.4, -0.2) is 37.0 Å². The smallest absolute Gasteiger partial charge is 0.306 e. The van der Waals surface area contributed by atoms with Gasteiger partial charge in [-0.15, -0.1) is 0 Å². The van der Waals surface area contributed by atoms with Crippen LogP contribution in [0.25, 0.3) is 0 Å². The van der Waals surface area contributed by atoms with Gasteiger partial charge in [-0.05, 0) is 70.6 Å². The first-order valence-corrected chi connectivity index (χ1v) is 25.7. The number of rotatable bonds is 47. The van der Waals surface area contributed by atoms with Crippen molar-refractivity contribution in [2.75, 3.05) is 19.8 Å². The fourth-order valence-electron chi connectivity index (χ4n) is 7.19. The first-order valence-electron chi connectivity index (χ1n) is 25.7. The maximum Gasteiger partial charge on any atom is 0.306 e. The quantitative estimate of drug-likeness (QED) is 0.0377. The van der Waals surface area contributed by atoms with Gasteiger partial charge in [0.05, 0.1) is 13.2 Å². The topological polar surface area (TPSA) is 55.8 Å². The minimum absolute atomic E-state index is 0.188. The van der Waals surface area contributed by atoms with Crippen molar-refractivity contribution in [3.05, 3.63) is 85.1 Å². The number of allylic oxidation sites excluding steroid dienone is 14. The number of hydrogen-bond acceptors (Lipinski definition) is 4. The van der Waals surface area contributed by atoms with Crippen LogP contribution in [0.1, 0.15) is 239 Å². The van der Waals surface area contributed by atoms with Gasteiger partial charge in [0.25, 0.3) is 0 Å². The molecule has 0 rings (SSSR count). The standard InChI is InChI=1S/C56H98O4/c1-3-5-7-9-11-13-15-17-19-21-23-25-27-28-29-31-33-35-37-39-41-43-45-47-49-51-56(58)60-55(53-57)54-59-52-50-48-46-44-42-40-38-36-34-32-30-26-24-22-20-18-16-14-12-10-8-6-4-2/h5,7,11,13,17,19,23,25,28-29,33,35,39,41,55,57H,3-4,6,8-10,12,14-16,18,20-22,24,26-27,30-32,34,36-38,40,42-54H2,1-2H3/b7-5-,13-11-,19-17-,25-23-,29-28-,35-33-,41-39-. The van der Waals surface area contributed by atoms with Crippen LogP contribution < -0.4 is 0 Å². The first-order chi connectivity index (χ1) is 29.7. The molecule has 0 fully saturated rings. The van der Waals surface area contributed by atoms with Gasteiger partial charge < -0.3 is 14.6 Å². The second-order valence-electron chi connectivity index (χ2n) is 16.9. The lowest BCUT2D eigenvalue weighted by Gasteiger charge is -2.15. The zero-order valence-corrected chi connectivity index (χ0v) is 39.7. The average molecular weight is 835 g/mol. The summed E-state index contributed by atoms with van der Waals surface area (Å²) < 4.78 is 11.2. The highest BCUT2D eigenvalue weighted by Crippen LogP contribution is 2.16. The van der Waals surface area contributed by atoms with Crippen LogP contribution in [0.15, 0.2) is 85.1 Å². The maximum atomic E-state index is 12.3. The van der Waals surface area contributed by atoms with E-state index >= 15 is 0 Å². The number of esters is 1. The molecule has 4 heteroatoms. The lowest BCUT2D eigenvalue weighted by atomic mass is 10.0. The Hall–Kier alpha value is -2.43. The van der Waals surface area contributed by atoms with Crippen LogP contribution in [0.4, 0.5) is 0 Å². The molecule has 0 saturated heterocycles. The van der Waals surface area contributed by atoms with E-state index < -0.39 is 6.10 Å². The molecule has 0 aromatic rings. The van der Waals surface area contributed by atoms with Crippen molar-refractivity contribution in [1.82, 2.24) is 0 Å². The molecule has 0 saturated carbocycles. The maximum absolute atomic E-state index is 12.3. The van der Waals surface area contributed by atoms with Gasteiger partial charge in [0.15, 0.2) is 0 Å². The summed E-state index contributed by atoms with van der Waals surface area (Å²) in [4.78, 5) is 12.3. The second-order valence-corrected chi connectivity index (χ2v) is 16.9. The second kappa shape index (κ2) is 52.7. The molecule has 0 aliphatic carbocycles. The SMILES string of the molecule is CC/C=C\C/C=C\C/C=C\C/C=C\C/C=C\C/C=C\C/C=C\CCCCCC(=O)OC(CO)COCCCCCCCCCCCCCCCCCCCCCCCCC. The molecule has 0 bridgehead atoms. The highest BCUT2D eigenvalue weighted by atomic mass is 16.6. The average Bonchev–Trinajstić information content (AvgIpc) is 3.25. The largest absolute Gasteiger partial charge is 0.457 e. The van der Waals surface area contributed by atoms with Gasteiger partial charge >= 0.3 is 5.97 Å². The third kappa shape index (κ3) is 49.9. The van der Waals surface area contributed by atoms with Crippen molar-refractivity contribution in [1.29, 1.82) is 0 Å². The number of aliphatic hydroxyl groups excluding tert-OH is 1. The third-order valence-corrected chi connectivity index (χ3v) is 11.0. The minimum Gasteiger partial charge on any atom is -0.457 e. The molecule has 0 spiro atoms. The van der Waals surface area contributed by atoms with Gasteiger partial charge in [0, 0.05) is 13.0 Å². The lowest BCUT2D eigenvalue weighted by Crippen LogP contribution is -2.27. The zero-order chi connectivity index (χ0) is 43.3. The summed E-state index contributed by atoms with van der Waals surface area (Å²) in [5.74, 6) is -0.231. The predicted octanol–water partition coefficient (Wildman–Crippen LogP) is 17.5. The van der Waals surface area contributed by atoms with Crippen LogP contribution in [0.2, 0.25) is 0 Å². The van der Waals surface area contributed by atoms with Crippen LogP contribution in [0.5, 0.6) is 0 Å². The summed E-state index contributed by atoms with van der Waals surface area (Å²) in [5.41, 5.74) is 0. The van der Waals surface area contributed by atoms with E-state index in [0.717, 1.165) is 77.0 Å². The number of carbonyl (C=O) groups excluding carboxylic acids is 1. The van der Waals surface area contributed by atoms with Gasteiger partial charge in [0.1, 0.15) is 6.10 Å². The molecule has 346 valence electrons. The van der Waals surface area contributed by atoms with E-state index in [2.05, 4.69) is 98.9 Å². The molecule has 60 heavy (non-hydrogen) atoms. The summed E-state index contributed by atoms with van der Waals surface area (Å²) in [5, 5.41) is 9.65. The van der Waals surface area contributed by atoms with Crippen LogP contribution in [0, 0.1) is 0 Å². The molecule has 0 aliphatic rings. The van der Waals surface area contributed by atoms with E-state index in [1.54, 1.807) is 0 Å². The first kappa shape index (κ1) is 57.6. The van der Waals surface area contributed by atoms with E-state index in [9.17, 15) is 9.90 Å². The molecule has 0 amide bonds. The van der Waals surface area contributed by atoms with E-state index in [-0.39, 0.29) is 19.2 Å². The predicted molar refractivity (Wildman–Crippen MR) is 265 cm³/mol. The lowest BCUT2D eigenvalue weighted by molar-refractivity contribution is -0.154. The van der Waals surface area contributed by atoms with Gasteiger partial charge in [-0.25, -0.2) is 0 Å². The number of hydrogen-bond donors (Lipinski definition) is 1. The molecule has 0 heterocycles. The fraction of sp³-hybridized carbons (Fsp3) is 0.732. The van der Waals surface area contributed by atoms with Crippen molar-refractivity contribution in [3.63, 3.8) is 0 Å². The Bertz CT molecular complexity index is 1060. The Balaban J connectivity index is 3.50. The third-order valence-electron chi connectivity index (χ3n) is 11.0. The zero-order valence-electron chi connectivity index (χ0n) is 39.7. The molecule has 0 aliphatic heterocycles. The Morgan fingerprint density at radius 3 is 1.12 bits per heavy atom. The van der Waals surface area contributed by atoms with E-state index in [4.69, 9.17) is 9.47 Å². The normalized spacial score (nSPS) is 13.1. The summed E-state index contributed by atoms with van der Waals surface area (Å²) in [7, 11) is 0. The molecule has 0 aromatic heterocycles. The van der Waals surface area contributed by atoms with E-state index in [0.29, 0.717) is 13.0 Å². The molecule has 0 radical (unpaired) electrons. The fourth-order valence-corrected chi connectivity index (χ4v) is 7.19. The molecule has 4 nitrogen and oxygen atoms in total. The van der Waals surface area contributed by atoms with E-state index in [1.807, 2.05) is 0 Å². The molecular formula is C56H98O4. The van der Waals surface area contributed by atoms with Gasteiger partial charge in [-0.1, -0.05) is 247 Å². The number of ether oxygens (including phenoxy) is 2. The molecule has 0 aromatic carbocycles. The molecular weight excluding hydrogens is 737 g/mol. The molecule has 1 unspecified atom stereocenters. The number of unbranched alkanes of at least 4 members (excludes halogenated alkanes) is 25. The summed E-state index contributed by atoms with van der Waals surface area (Å²) in [6.45, 7) is 5.22. The number of aliphatic hydroxyl groups is 1. The van der Waals surface area contributed by atoms with E-state index in [1.165, 1.54) is 141 Å². The van der Waals surface area contributed by atoms with Gasteiger partial charge in [-0.3, -0.25) is 4.79 Å². The highest BCUT2D eigenvalue weighted by molar-refractivity contribution is 5.69. The minimum atomic E-state index is -0.556. The Kier molecular flexibility index (Phi) is 50.6. The van der Waals surface area contributed by atoms with Crippen LogP contribution in [-0.2, 0) is 14.3 Å². The van der Waals surface area contributed by atoms with Crippen LogP contribution in [0.3, 0.4) is 0 Å². The van der Waals surface area contributed by atoms with Crippen molar-refractivity contribution < 1.29 is 19.4 Å². The van der Waals surface area contributed by atoms with Crippen molar-refractivity contribution >= 4 is 5.97 Å². The Morgan fingerprint density at radius 2 is 0.750 bits per heavy atom. The number of carbonyl (C=O) groups is 1. The Morgan fingerprint density at radius 1 is 0.417 bits per heavy atom. The summed E-state index contributed by atoms with van der Waals surface area (Å²) in [6, 6.07) is 0. The van der Waals surface area contributed by atoms with Gasteiger partial charge in [-0.2, -0.15) is 0 Å². The summed E-state index contributed by atoms with van der Waals surface area (Å²) >= 11 is 0. The highest BCUT2D eigenvalue weighted by Gasteiger charge is 2.13. The Labute approximate surface area is 373 Å². The van der Waals surface area contributed by atoms with Crippen LogP contribution >= 0.6 is 0 Å². The molecule has 1 atom stereocenters. The van der Waals surface area contributed by atoms with Crippen molar-refractivity contribution in [3.8, 4) is 0 Å².